The number of nitrogens with one attached hydrogen (secondary N) is 1. The molecule has 1 N–H and O–H groups in total. The number of esters is 1. The Labute approximate surface area is 97.6 Å². The van der Waals surface area contributed by atoms with Gasteiger partial charge < -0.3 is 15.0 Å². The zero-order valence-electron chi connectivity index (χ0n) is 10.3. The van der Waals surface area contributed by atoms with Crippen molar-refractivity contribution >= 4 is 5.97 Å². The highest BCUT2D eigenvalue weighted by Crippen LogP contribution is 2.05. The molecule has 1 saturated heterocycles. The van der Waals surface area contributed by atoms with E-state index in [1.165, 1.54) is 33.0 Å². The van der Waals surface area contributed by atoms with E-state index < -0.39 is 0 Å². The van der Waals surface area contributed by atoms with Crippen LogP contribution in [-0.4, -0.2) is 50.7 Å². The van der Waals surface area contributed by atoms with Crippen molar-refractivity contribution in [2.24, 2.45) is 0 Å². The van der Waals surface area contributed by atoms with Gasteiger partial charge in [0.05, 0.1) is 7.11 Å². The van der Waals surface area contributed by atoms with Crippen molar-refractivity contribution in [3.8, 4) is 0 Å². The number of ether oxygens (including phenoxy) is 1. The number of carbonyl (C=O) groups excluding carboxylic acids is 1. The van der Waals surface area contributed by atoms with Crippen LogP contribution in [-0.2, 0) is 9.53 Å². The maximum Gasteiger partial charge on any atom is 0.333 e. The number of nitrogens with zero attached hydrogens (tertiary/aromatic N) is 1. The number of hydrogen-bond acceptors (Lipinski definition) is 4. The van der Waals surface area contributed by atoms with Crippen molar-refractivity contribution in [3.05, 3.63) is 11.6 Å². The maximum atomic E-state index is 11.1. The van der Waals surface area contributed by atoms with Crippen LogP contribution in [0.15, 0.2) is 11.6 Å². The predicted octanol–water partition coefficient (Wildman–Crippen LogP) is 0.791. The number of methoxy groups -OCH3 is 1. The summed E-state index contributed by atoms with van der Waals surface area (Å²) in [4.78, 5) is 13.5. The van der Waals surface area contributed by atoms with E-state index in [9.17, 15) is 4.79 Å². The summed E-state index contributed by atoms with van der Waals surface area (Å²) >= 11 is 0. The van der Waals surface area contributed by atoms with Gasteiger partial charge in [0, 0.05) is 25.2 Å². The van der Waals surface area contributed by atoms with Gasteiger partial charge in [0.15, 0.2) is 0 Å². The SMILES string of the molecule is COC(=O)C(C)=CCNCCN1CCCC1. The normalized spacial score (nSPS) is 17.8. The fourth-order valence-electron chi connectivity index (χ4n) is 1.82. The zero-order chi connectivity index (χ0) is 11.8. The summed E-state index contributed by atoms with van der Waals surface area (Å²) in [6.45, 7) is 7.05. The molecule has 0 spiro atoms. The van der Waals surface area contributed by atoms with Crippen LogP contribution in [0.3, 0.4) is 0 Å². The lowest BCUT2D eigenvalue weighted by molar-refractivity contribution is -0.136. The lowest BCUT2D eigenvalue weighted by atomic mass is 10.3. The van der Waals surface area contributed by atoms with Gasteiger partial charge in [-0.3, -0.25) is 0 Å². The van der Waals surface area contributed by atoms with Crippen LogP contribution in [0.1, 0.15) is 19.8 Å². The fraction of sp³-hybridized carbons (Fsp3) is 0.750. The molecular formula is C12H22N2O2. The molecule has 0 aromatic carbocycles. The third-order valence-electron chi connectivity index (χ3n) is 2.86. The number of hydrogen-bond donors (Lipinski definition) is 1. The summed E-state index contributed by atoms with van der Waals surface area (Å²) in [7, 11) is 1.40. The van der Waals surface area contributed by atoms with Crippen LogP contribution in [0.25, 0.3) is 0 Å². The molecule has 0 atom stereocenters. The first-order valence-electron chi connectivity index (χ1n) is 5.92. The Morgan fingerprint density at radius 2 is 2.12 bits per heavy atom. The minimum absolute atomic E-state index is 0.249. The molecule has 1 heterocycles. The van der Waals surface area contributed by atoms with E-state index in [2.05, 4.69) is 15.0 Å². The predicted molar refractivity (Wildman–Crippen MR) is 64.3 cm³/mol. The van der Waals surface area contributed by atoms with E-state index in [0.29, 0.717) is 5.57 Å². The smallest absolute Gasteiger partial charge is 0.333 e. The molecule has 1 aliphatic rings. The molecule has 1 aliphatic heterocycles. The van der Waals surface area contributed by atoms with Crippen LogP contribution < -0.4 is 5.32 Å². The Morgan fingerprint density at radius 3 is 2.75 bits per heavy atom. The summed E-state index contributed by atoms with van der Waals surface area (Å²) in [6.07, 6.45) is 4.54. The first-order chi connectivity index (χ1) is 7.74. The molecule has 0 aliphatic carbocycles. The van der Waals surface area contributed by atoms with Crippen molar-refractivity contribution in [1.82, 2.24) is 10.2 Å². The van der Waals surface area contributed by atoms with Crippen molar-refractivity contribution in [1.29, 1.82) is 0 Å². The third kappa shape index (κ3) is 4.77. The van der Waals surface area contributed by atoms with Crippen molar-refractivity contribution in [2.45, 2.75) is 19.8 Å². The molecular weight excluding hydrogens is 204 g/mol. The molecule has 1 fully saturated rings. The summed E-state index contributed by atoms with van der Waals surface area (Å²) in [5.74, 6) is -0.249. The summed E-state index contributed by atoms with van der Waals surface area (Å²) in [5, 5.41) is 3.30. The monoisotopic (exact) mass is 226 g/mol. The lowest BCUT2D eigenvalue weighted by Crippen LogP contribution is -2.30. The summed E-state index contributed by atoms with van der Waals surface area (Å²) < 4.78 is 4.61. The Hall–Kier alpha value is -0.870. The van der Waals surface area contributed by atoms with Gasteiger partial charge in [0.1, 0.15) is 0 Å². The van der Waals surface area contributed by atoms with Crippen LogP contribution in [0.4, 0.5) is 0 Å². The second-order valence-electron chi connectivity index (χ2n) is 4.13. The second-order valence-corrected chi connectivity index (χ2v) is 4.13. The van der Waals surface area contributed by atoms with Gasteiger partial charge in [-0.25, -0.2) is 4.79 Å². The Morgan fingerprint density at radius 1 is 1.44 bits per heavy atom. The van der Waals surface area contributed by atoms with Crippen molar-refractivity contribution in [3.63, 3.8) is 0 Å². The van der Waals surface area contributed by atoms with Crippen molar-refractivity contribution < 1.29 is 9.53 Å². The van der Waals surface area contributed by atoms with Gasteiger partial charge in [-0.05, 0) is 32.9 Å². The molecule has 0 unspecified atom stereocenters. The lowest BCUT2D eigenvalue weighted by Gasteiger charge is -2.14. The Bertz CT molecular complexity index is 245. The largest absolute Gasteiger partial charge is 0.466 e. The van der Waals surface area contributed by atoms with Gasteiger partial charge in [0.2, 0.25) is 0 Å². The first-order valence-corrected chi connectivity index (χ1v) is 5.92. The van der Waals surface area contributed by atoms with Crippen LogP contribution in [0.5, 0.6) is 0 Å². The molecule has 0 aromatic heterocycles. The van der Waals surface area contributed by atoms with Gasteiger partial charge in [0.25, 0.3) is 0 Å². The Kier molecular flexibility index (Phi) is 6.11. The topological polar surface area (TPSA) is 41.6 Å². The van der Waals surface area contributed by atoms with Crippen LogP contribution >= 0.6 is 0 Å². The van der Waals surface area contributed by atoms with Gasteiger partial charge in [-0.1, -0.05) is 6.08 Å². The maximum absolute atomic E-state index is 11.1. The third-order valence-corrected chi connectivity index (χ3v) is 2.86. The molecule has 0 radical (unpaired) electrons. The molecule has 16 heavy (non-hydrogen) atoms. The number of carbonyl (C=O) groups is 1. The van der Waals surface area contributed by atoms with E-state index >= 15 is 0 Å². The number of rotatable bonds is 6. The van der Waals surface area contributed by atoms with E-state index in [-0.39, 0.29) is 5.97 Å². The molecule has 92 valence electrons. The first kappa shape index (κ1) is 13.2. The van der Waals surface area contributed by atoms with Gasteiger partial charge in [-0.2, -0.15) is 0 Å². The zero-order valence-corrected chi connectivity index (χ0v) is 10.3. The summed E-state index contributed by atoms with van der Waals surface area (Å²) in [5.41, 5.74) is 0.663. The van der Waals surface area contributed by atoms with E-state index in [4.69, 9.17) is 0 Å². The highest BCUT2D eigenvalue weighted by atomic mass is 16.5. The average Bonchev–Trinajstić information content (AvgIpc) is 2.80. The molecule has 4 nitrogen and oxygen atoms in total. The van der Waals surface area contributed by atoms with Gasteiger partial charge >= 0.3 is 5.97 Å². The van der Waals surface area contributed by atoms with Crippen LogP contribution in [0.2, 0.25) is 0 Å². The molecule has 4 heteroatoms. The Balaban J connectivity index is 2.04. The molecule has 0 bridgehead atoms. The minimum atomic E-state index is -0.249. The van der Waals surface area contributed by atoms with Crippen molar-refractivity contribution in [2.75, 3.05) is 39.8 Å². The highest BCUT2D eigenvalue weighted by molar-refractivity contribution is 5.87. The molecule has 0 saturated carbocycles. The average molecular weight is 226 g/mol. The summed E-state index contributed by atoms with van der Waals surface area (Å²) in [6, 6.07) is 0. The minimum Gasteiger partial charge on any atom is -0.466 e. The van der Waals surface area contributed by atoms with Crippen LogP contribution in [0, 0.1) is 0 Å². The standard InChI is InChI=1S/C12H22N2O2/c1-11(12(15)16-2)5-6-13-7-10-14-8-3-4-9-14/h5,13H,3-4,6-10H2,1-2H3. The van der Waals surface area contributed by atoms with E-state index in [1.807, 2.05) is 6.08 Å². The van der Waals surface area contributed by atoms with Gasteiger partial charge in [-0.15, -0.1) is 0 Å². The van der Waals surface area contributed by atoms with E-state index in [0.717, 1.165) is 19.6 Å². The molecule has 0 amide bonds. The highest BCUT2D eigenvalue weighted by Gasteiger charge is 2.09. The molecule has 0 aromatic rings. The number of likely N-dealkylation sites (tertiary alicyclic amines) is 1. The van der Waals surface area contributed by atoms with E-state index in [1.54, 1.807) is 6.92 Å². The quantitative estimate of drug-likeness (QED) is 0.413. The second kappa shape index (κ2) is 7.41. The molecule has 1 rings (SSSR count). The fourth-order valence-corrected chi connectivity index (χ4v) is 1.82.